The van der Waals surface area contributed by atoms with Gasteiger partial charge in [-0.1, -0.05) is 9.80 Å². The van der Waals surface area contributed by atoms with Gasteiger partial charge in [0.1, 0.15) is 12.7 Å². The molecule has 8 heteroatoms. The molecule has 2 aromatic rings. The molecule has 70 valence electrons. The Morgan fingerprint density at radius 3 is 2.85 bits per heavy atom. The highest BCUT2D eigenvalue weighted by atomic mass is 35.7. The summed E-state index contributed by atoms with van der Waals surface area (Å²) in [5, 5.41) is 7.29. The van der Waals surface area contributed by atoms with Crippen molar-refractivity contribution < 1.29 is 9.11 Å². The zero-order valence-electron chi connectivity index (χ0n) is 6.20. The number of fused-ring (bicyclic) bond motifs is 1. The molecule has 0 aliphatic rings. The molecular weight excluding hydrogens is 216 g/mol. The summed E-state index contributed by atoms with van der Waals surface area (Å²) in [6.45, 7) is 0. The number of aromatic nitrogens is 4. The maximum absolute atomic E-state index is 9.07. The van der Waals surface area contributed by atoms with E-state index in [1.807, 2.05) is 0 Å². The fourth-order valence-corrected chi connectivity index (χ4v) is 1.54. The molecule has 0 unspecified atom stereocenters. The average molecular weight is 221 g/mol. The van der Waals surface area contributed by atoms with Crippen LogP contribution in [0, 0.1) is 0 Å². The third-order valence-corrected chi connectivity index (χ3v) is 2.66. The summed E-state index contributed by atoms with van der Waals surface area (Å²) in [6, 6.07) is 1.37. The van der Waals surface area contributed by atoms with E-state index in [9.17, 15) is 0 Å². The third kappa shape index (κ3) is 1.59. The minimum atomic E-state index is -3.29. The maximum atomic E-state index is 9.07. The second-order valence-electron chi connectivity index (χ2n) is 2.30. The van der Waals surface area contributed by atoms with E-state index in [0.717, 1.165) is 0 Å². The van der Waals surface area contributed by atoms with Crippen LogP contribution in [0.5, 0.6) is 0 Å². The van der Waals surface area contributed by atoms with E-state index in [1.165, 1.54) is 23.1 Å². The van der Waals surface area contributed by atoms with Gasteiger partial charge in [0.15, 0.2) is 10.7 Å². The van der Waals surface area contributed by atoms with Crippen molar-refractivity contribution in [2.45, 2.75) is 5.03 Å². The van der Waals surface area contributed by atoms with Crippen LogP contribution in [-0.4, -0.2) is 28.7 Å². The van der Waals surface area contributed by atoms with Crippen LogP contribution in [0.1, 0.15) is 0 Å². The molecule has 0 atom stereocenters. The molecule has 0 amide bonds. The highest BCUT2D eigenvalue weighted by Gasteiger charge is 2.14. The van der Waals surface area contributed by atoms with Gasteiger partial charge in [-0.15, -0.1) is 10.2 Å². The summed E-state index contributed by atoms with van der Waals surface area (Å²) in [7, 11) is 2.01. The van der Waals surface area contributed by atoms with Gasteiger partial charge in [-0.3, -0.25) is 13.5 Å². The van der Waals surface area contributed by atoms with Crippen LogP contribution in [-0.2, 0) is 0 Å². The highest BCUT2D eigenvalue weighted by Crippen LogP contribution is 2.51. The first-order valence-electron chi connectivity index (χ1n) is 3.20. The molecule has 0 spiro atoms. The summed E-state index contributed by atoms with van der Waals surface area (Å²) in [6.07, 6.45) is 2.81. The van der Waals surface area contributed by atoms with Gasteiger partial charge >= 0.3 is 0 Å². The van der Waals surface area contributed by atoms with Crippen LogP contribution in [0.2, 0.25) is 0 Å². The lowest BCUT2D eigenvalue weighted by Gasteiger charge is -2.20. The van der Waals surface area contributed by atoms with Crippen LogP contribution in [0.4, 0.5) is 0 Å². The smallest absolute Gasteiger partial charge is 0.169 e. The van der Waals surface area contributed by atoms with Gasteiger partial charge < -0.3 is 0 Å². The van der Waals surface area contributed by atoms with E-state index in [-0.39, 0.29) is 5.03 Å². The first kappa shape index (κ1) is 8.70. The number of rotatable bonds is 1. The van der Waals surface area contributed by atoms with Crippen LogP contribution < -0.4 is 0 Å². The molecule has 0 saturated heterocycles. The van der Waals surface area contributed by atoms with E-state index in [2.05, 4.69) is 15.2 Å². The molecule has 0 saturated carbocycles. The Kier molecular flexibility index (Phi) is 1.88. The summed E-state index contributed by atoms with van der Waals surface area (Å²) < 4.78 is 19.7. The monoisotopic (exact) mass is 220 g/mol. The Labute approximate surface area is 79.0 Å². The minimum Gasteiger partial charge on any atom is -0.280 e. The van der Waals surface area contributed by atoms with Crippen molar-refractivity contribution in [2.75, 3.05) is 0 Å². The summed E-state index contributed by atoms with van der Waals surface area (Å²) in [5.74, 6) is 0. The van der Waals surface area contributed by atoms with Crippen molar-refractivity contribution in [3.8, 4) is 0 Å². The van der Waals surface area contributed by atoms with Gasteiger partial charge in [-0.25, -0.2) is 4.98 Å². The fraction of sp³-hybridized carbons (Fsp3) is 0. The predicted molar refractivity (Wildman–Crippen MR) is 47.7 cm³/mol. The lowest BCUT2D eigenvalue weighted by atomic mass is 10.6. The van der Waals surface area contributed by atoms with Gasteiger partial charge in [-0.2, -0.15) is 0 Å². The molecule has 2 aromatic heterocycles. The number of halogens is 1. The maximum Gasteiger partial charge on any atom is 0.169 e. The molecule has 0 fully saturated rings. The van der Waals surface area contributed by atoms with Crippen LogP contribution >= 0.6 is 20.5 Å². The second-order valence-corrected chi connectivity index (χ2v) is 4.97. The van der Waals surface area contributed by atoms with E-state index < -0.39 is 9.80 Å². The molecule has 2 rings (SSSR count). The molecule has 0 bridgehead atoms. The lowest BCUT2D eigenvalue weighted by molar-refractivity contribution is 0.503. The standard InChI is InChI=1S/C5H5ClN4O2S/c6-13(11,12)5-1-4-9-8-3-10(4)2-7-5/h1-3,11-12H. The summed E-state index contributed by atoms with van der Waals surface area (Å²) in [5.41, 5.74) is 0.464. The van der Waals surface area contributed by atoms with Crippen LogP contribution in [0.15, 0.2) is 23.7 Å². The molecule has 2 N–H and O–H groups in total. The first-order valence-corrected chi connectivity index (χ1v) is 5.58. The molecule has 6 nitrogen and oxygen atoms in total. The van der Waals surface area contributed by atoms with Crippen LogP contribution in [0.25, 0.3) is 5.65 Å². The SMILES string of the molecule is OS(O)(Cl)c1cc2nncn2cn1. The van der Waals surface area contributed by atoms with Gasteiger partial charge in [0.25, 0.3) is 0 Å². The van der Waals surface area contributed by atoms with Crippen molar-refractivity contribution in [1.82, 2.24) is 19.6 Å². The number of hydrogen-bond donors (Lipinski definition) is 2. The summed E-state index contributed by atoms with van der Waals surface area (Å²) in [4.78, 5) is 3.74. The Balaban J connectivity index is 2.61. The quantitative estimate of drug-likeness (QED) is 0.710. The van der Waals surface area contributed by atoms with Crippen molar-refractivity contribution in [3.05, 3.63) is 18.7 Å². The molecule has 13 heavy (non-hydrogen) atoms. The Hall–Kier alpha value is -0.890. The zero-order chi connectivity index (χ0) is 9.47. The molecule has 0 aliphatic heterocycles. The van der Waals surface area contributed by atoms with E-state index in [1.54, 1.807) is 0 Å². The number of nitrogens with zero attached hydrogens (tertiary/aromatic N) is 4. The van der Waals surface area contributed by atoms with Gasteiger partial charge in [0.2, 0.25) is 0 Å². The minimum absolute atomic E-state index is 0.00494. The van der Waals surface area contributed by atoms with Gasteiger partial charge in [0.05, 0.1) is 0 Å². The lowest BCUT2D eigenvalue weighted by Crippen LogP contribution is -1.95. The van der Waals surface area contributed by atoms with Gasteiger partial charge in [0, 0.05) is 16.7 Å². The largest absolute Gasteiger partial charge is 0.280 e. The van der Waals surface area contributed by atoms with E-state index in [0.29, 0.717) is 5.65 Å². The highest BCUT2D eigenvalue weighted by molar-refractivity contribution is 8.43. The Bertz CT molecular complexity index is 439. The van der Waals surface area contributed by atoms with E-state index in [4.69, 9.17) is 19.8 Å². The molecule has 0 aliphatic carbocycles. The molecule has 0 radical (unpaired) electrons. The first-order chi connectivity index (χ1) is 6.07. The molecular formula is C5H5ClN4O2S. The van der Waals surface area contributed by atoms with Crippen molar-refractivity contribution in [2.24, 2.45) is 0 Å². The van der Waals surface area contributed by atoms with Crippen molar-refractivity contribution in [1.29, 1.82) is 0 Å². The Morgan fingerprint density at radius 1 is 1.38 bits per heavy atom. The molecule has 2 heterocycles. The predicted octanol–water partition coefficient (Wildman–Crippen LogP) is 1.39. The third-order valence-electron chi connectivity index (χ3n) is 1.43. The topological polar surface area (TPSA) is 83.5 Å². The van der Waals surface area contributed by atoms with Crippen LogP contribution in [0.3, 0.4) is 0 Å². The van der Waals surface area contributed by atoms with Crippen molar-refractivity contribution in [3.63, 3.8) is 0 Å². The number of hydrogen-bond acceptors (Lipinski definition) is 5. The molecule has 0 aromatic carbocycles. The average Bonchev–Trinajstić information content (AvgIpc) is 2.47. The van der Waals surface area contributed by atoms with E-state index >= 15 is 0 Å². The van der Waals surface area contributed by atoms with Gasteiger partial charge in [-0.05, 0) is 0 Å². The zero-order valence-corrected chi connectivity index (χ0v) is 7.77. The Morgan fingerprint density at radius 2 is 2.15 bits per heavy atom. The fourth-order valence-electron chi connectivity index (χ4n) is 0.853. The summed E-state index contributed by atoms with van der Waals surface area (Å²) >= 11 is 0. The second kappa shape index (κ2) is 2.81. The normalized spacial score (nSPS) is 13.5. The van der Waals surface area contributed by atoms with Crippen molar-refractivity contribution >= 4 is 26.1 Å².